The number of carbonyl (C=O) groups excluding carboxylic acids is 1. The Labute approximate surface area is 165 Å². The molecule has 0 atom stereocenters. The first-order valence-electron chi connectivity index (χ1n) is 9.78. The molecule has 28 heavy (non-hydrogen) atoms. The molecule has 8 nitrogen and oxygen atoms in total. The maximum Gasteiger partial charge on any atom is 0.414 e. The van der Waals surface area contributed by atoms with Crippen LogP contribution in [0.5, 0.6) is 0 Å². The number of carbonyl (C=O) groups is 1. The Balaban J connectivity index is 1.73. The van der Waals surface area contributed by atoms with Crippen LogP contribution in [0.4, 0.5) is 21.9 Å². The van der Waals surface area contributed by atoms with Crippen molar-refractivity contribution in [3.05, 3.63) is 28.3 Å². The molecule has 0 aromatic heterocycles. The molecule has 1 aliphatic heterocycles. The fourth-order valence-corrected chi connectivity index (χ4v) is 4.08. The van der Waals surface area contributed by atoms with Gasteiger partial charge >= 0.3 is 6.09 Å². The third-order valence-corrected chi connectivity index (χ3v) is 5.99. The molecule has 1 heterocycles. The number of nitro groups is 1. The molecular formula is C20H29N3O5. The summed E-state index contributed by atoms with van der Waals surface area (Å²) in [6.45, 7) is 7.62. The van der Waals surface area contributed by atoms with E-state index < -0.39 is 16.6 Å². The highest BCUT2D eigenvalue weighted by molar-refractivity contribution is 5.94. The Morgan fingerprint density at radius 3 is 2.57 bits per heavy atom. The summed E-state index contributed by atoms with van der Waals surface area (Å²) in [6.07, 6.45) is 2.82. The van der Waals surface area contributed by atoms with Gasteiger partial charge in [0.2, 0.25) is 0 Å². The number of anilines is 2. The van der Waals surface area contributed by atoms with Crippen molar-refractivity contribution in [3.63, 3.8) is 0 Å². The number of hydrogen-bond acceptors (Lipinski definition) is 6. The quantitative estimate of drug-likeness (QED) is 0.582. The van der Waals surface area contributed by atoms with Crippen molar-refractivity contribution >= 4 is 23.2 Å². The first-order valence-corrected chi connectivity index (χ1v) is 9.78. The standard InChI is InChI=1S/C20H29N3O5/c1-19(2,3)14-6-8-20(25,9-7-14)13-21-16-5-4-15(23(26)27)12-17(16)22-10-11-28-18(22)24/h4-5,12,14,21,25H,6-11,13H2,1-3H3. The van der Waals surface area contributed by atoms with E-state index in [1.54, 1.807) is 6.07 Å². The van der Waals surface area contributed by atoms with E-state index in [1.165, 1.54) is 17.0 Å². The molecular weight excluding hydrogens is 362 g/mol. The Hall–Kier alpha value is -2.35. The van der Waals surface area contributed by atoms with E-state index in [4.69, 9.17) is 4.74 Å². The van der Waals surface area contributed by atoms with Gasteiger partial charge in [0.1, 0.15) is 6.61 Å². The lowest BCUT2D eigenvalue weighted by Crippen LogP contribution is -2.42. The van der Waals surface area contributed by atoms with Crippen molar-refractivity contribution in [2.45, 2.75) is 52.1 Å². The number of nitrogens with one attached hydrogen (secondary N) is 1. The number of hydrogen-bond donors (Lipinski definition) is 2. The van der Waals surface area contributed by atoms with Gasteiger partial charge in [-0.25, -0.2) is 4.79 Å². The molecule has 2 N–H and O–H groups in total. The smallest absolute Gasteiger partial charge is 0.414 e. The number of nitrogens with zero attached hydrogens (tertiary/aromatic N) is 2. The van der Waals surface area contributed by atoms with Crippen molar-refractivity contribution in [3.8, 4) is 0 Å². The second-order valence-electron chi connectivity index (χ2n) is 8.94. The van der Waals surface area contributed by atoms with Gasteiger partial charge in [-0.3, -0.25) is 15.0 Å². The molecule has 1 saturated heterocycles. The summed E-state index contributed by atoms with van der Waals surface area (Å²) in [6, 6.07) is 4.35. The molecule has 0 radical (unpaired) electrons. The van der Waals surface area contributed by atoms with Gasteiger partial charge in [0.15, 0.2) is 0 Å². The van der Waals surface area contributed by atoms with Gasteiger partial charge in [-0.05, 0) is 43.1 Å². The monoisotopic (exact) mass is 391 g/mol. The number of cyclic esters (lactones) is 1. The normalized spacial score (nSPS) is 25.5. The lowest BCUT2D eigenvalue weighted by molar-refractivity contribution is -0.384. The minimum atomic E-state index is -0.827. The molecule has 0 spiro atoms. The molecule has 2 aliphatic rings. The Morgan fingerprint density at radius 1 is 1.36 bits per heavy atom. The van der Waals surface area contributed by atoms with Gasteiger partial charge in [0, 0.05) is 18.7 Å². The van der Waals surface area contributed by atoms with E-state index >= 15 is 0 Å². The fourth-order valence-electron chi connectivity index (χ4n) is 4.08. The number of amides is 1. The molecule has 1 amide bonds. The van der Waals surface area contributed by atoms with Crippen LogP contribution < -0.4 is 10.2 Å². The van der Waals surface area contributed by atoms with E-state index in [0.717, 1.165) is 12.8 Å². The van der Waals surface area contributed by atoms with Crippen LogP contribution in [0.3, 0.4) is 0 Å². The SMILES string of the molecule is CC(C)(C)C1CCC(O)(CNc2ccc([N+](=O)[O-])cc2N2CCOC2=O)CC1. The molecule has 8 heteroatoms. The molecule has 154 valence electrons. The average Bonchev–Trinajstić information content (AvgIpc) is 3.05. The van der Waals surface area contributed by atoms with Gasteiger partial charge in [0.25, 0.3) is 5.69 Å². The van der Waals surface area contributed by atoms with Crippen LogP contribution in [0.15, 0.2) is 18.2 Å². The molecule has 1 aliphatic carbocycles. The molecule has 0 bridgehead atoms. The zero-order valence-electron chi connectivity index (χ0n) is 16.7. The van der Waals surface area contributed by atoms with E-state index in [0.29, 0.717) is 43.2 Å². The maximum atomic E-state index is 12.0. The summed E-state index contributed by atoms with van der Waals surface area (Å²) >= 11 is 0. The largest absolute Gasteiger partial charge is 0.447 e. The second-order valence-corrected chi connectivity index (χ2v) is 8.94. The predicted octanol–water partition coefficient (Wildman–Crippen LogP) is 3.93. The van der Waals surface area contributed by atoms with Crippen LogP contribution in [0.25, 0.3) is 0 Å². The molecule has 1 saturated carbocycles. The predicted molar refractivity (Wildman–Crippen MR) is 107 cm³/mol. The van der Waals surface area contributed by atoms with Gasteiger partial charge in [-0.1, -0.05) is 20.8 Å². The van der Waals surface area contributed by atoms with Gasteiger partial charge in [-0.2, -0.15) is 0 Å². The van der Waals surface area contributed by atoms with Crippen molar-refractivity contribution in [1.82, 2.24) is 0 Å². The van der Waals surface area contributed by atoms with E-state index in [9.17, 15) is 20.0 Å². The number of benzene rings is 1. The summed E-state index contributed by atoms with van der Waals surface area (Å²) in [5.74, 6) is 0.585. The Bertz CT molecular complexity index is 751. The Kier molecular flexibility index (Phi) is 5.52. The minimum absolute atomic E-state index is 0.0929. The van der Waals surface area contributed by atoms with Crippen LogP contribution in [-0.4, -0.2) is 41.4 Å². The molecule has 0 unspecified atom stereocenters. The summed E-state index contributed by atoms with van der Waals surface area (Å²) in [7, 11) is 0. The number of ether oxygens (including phenoxy) is 1. The second kappa shape index (κ2) is 7.58. The first-order chi connectivity index (χ1) is 13.1. The van der Waals surface area contributed by atoms with Crippen molar-refractivity contribution in [1.29, 1.82) is 0 Å². The first kappa shape index (κ1) is 20.4. The maximum absolute atomic E-state index is 12.0. The molecule has 2 fully saturated rings. The molecule has 1 aromatic carbocycles. The van der Waals surface area contributed by atoms with Crippen molar-refractivity contribution < 1.29 is 19.6 Å². The lowest BCUT2D eigenvalue weighted by atomic mass is 9.68. The van der Waals surface area contributed by atoms with Crippen LogP contribution in [0.1, 0.15) is 46.5 Å². The summed E-state index contributed by atoms with van der Waals surface area (Å²) < 4.78 is 4.97. The fraction of sp³-hybridized carbons (Fsp3) is 0.650. The van der Waals surface area contributed by atoms with Crippen LogP contribution in [-0.2, 0) is 4.74 Å². The lowest BCUT2D eigenvalue weighted by Gasteiger charge is -2.41. The van der Waals surface area contributed by atoms with E-state index in [-0.39, 0.29) is 17.7 Å². The topological polar surface area (TPSA) is 105 Å². The summed E-state index contributed by atoms with van der Waals surface area (Å²) in [4.78, 5) is 24.0. The average molecular weight is 391 g/mol. The highest BCUT2D eigenvalue weighted by atomic mass is 16.6. The number of non-ortho nitro benzene ring substituents is 1. The summed E-state index contributed by atoms with van der Waals surface area (Å²) in [5.41, 5.74) is 0.298. The van der Waals surface area contributed by atoms with E-state index in [2.05, 4.69) is 26.1 Å². The van der Waals surface area contributed by atoms with Gasteiger partial charge < -0.3 is 15.2 Å². The summed E-state index contributed by atoms with van der Waals surface area (Å²) in [5, 5.41) is 25.3. The number of aliphatic hydroxyl groups is 1. The van der Waals surface area contributed by atoms with Gasteiger partial charge in [0.05, 0.1) is 28.4 Å². The number of nitro benzene ring substituents is 1. The van der Waals surface area contributed by atoms with Crippen molar-refractivity contribution in [2.24, 2.45) is 11.3 Å². The van der Waals surface area contributed by atoms with Crippen LogP contribution in [0, 0.1) is 21.4 Å². The highest BCUT2D eigenvalue weighted by Gasteiger charge is 2.37. The zero-order valence-corrected chi connectivity index (χ0v) is 16.7. The molecule has 3 rings (SSSR count). The zero-order chi connectivity index (χ0) is 20.5. The van der Waals surface area contributed by atoms with E-state index in [1.807, 2.05) is 0 Å². The van der Waals surface area contributed by atoms with Crippen LogP contribution in [0.2, 0.25) is 0 Å². The van der Waals surface area contributed by atoms with Crippen molar-refractivity contribution in [2.75, 3.05) is 29.9 Å². The Morgan fingerprint density at radius 2 is 2.04 bits per heavy atom. The molecule has 1 aromatic rings. The van der Waals surface area contributed by atoms with Gasteiger partial charge in [-0.15, -0.1) is 0 Å². The van der Waals surface area contributed by atoms with Crippen LogP contribution >= 0.6 is 0 Å². The minimum Gasteiger partial charge on any atom is -0.447 e. The third-order valence-electron chi connectivity index (χ3n) is 5.99. The third kappa shape index (κ3) is 4.38. The number of rotatable bonds is 5. The highest BCUT2D eigenvalue weighted by Crippen LogP contribution is 2.42.